The molecule has 6 heteroatoms. The zero-order valence-corrected chi connectivity index (χ0v) is 13.4. The number of rotatable bonds is 4. The molecule has 1 aromatic rings. The van der Waals surface area contributed by atoms with Gasteiger partial charge in [0.15, 0.2) is 0 Å². The van der Waals surface area contributed by atoms with Crippen LogP contribution in [0, 0.1) is 0 Å². The van der Waals surface area contributed by atoms with Gasteiger partial charge in [-0.15, -0.1) is 0 Å². The van der Waals surface area contributed by atoms with E-state index >= 15 is 0 Å². The van der Waals surface area contributed by atoms with Crippen LogP contribution >= 0.6 is 15.9 Å². The second kappa shape index (κ2) is 6.56. The van der Waals surface area contributed by atoms with Crippen LogP contribution in [0.2, 0.25) is 0 Å². The van der Waals surface area contributed by atoms with Gasteiger partial charge in [0.25, 0.3) is 0 Å². The Morgan fingerprint density at radius 2 is 2.20 bits per heavy atom. The third kappa shape index (κ3) is 3.71. The van der Waals surface area contributed by atoms with E-state index in [1.807, 2.05) is 6.07 Å². The third-order valence-corrected chi connectivity index (χ3v) is 4.21. The Balaban J connectivity index is 2.05. The van der Waals surface area contributed by atoms with Crippen LogP contribution in [0.15, 0.2) is 22.7 Å². The minimum absolute atomic E-state index is 0.297. The predicted octanol–water partition coefficient (Wildman–Crippen LogP) is 1.80. The van der Waals surface area contributed by atoms with Crippen molar-refractivity contribution < 1.29 is 9.90 Å². The van der Waals surface area contributed by atoms with E-state index in [-0.39, 0.29) is 0 Å². The number of carbonyl (C=O) groups is 1. The quantitative estimate of drug-likeness (QED) is 0.874. The summed E-state index contributed by atoms with van der Waals surface area (Å²) in [5.41, 5.74) is 0.966. The molecule has 0 aromatic heterocycles. The third-order valence-electron chi connectivity index (χ3n) is 3.72. The molecule has 5 nitrogen and oxygen atoms in total. The van der Waals surface area contributed by atoms with Crippen molar-refractivity contribution >= 4 is 27.6 Å². The molecule has 0 saturated carbocycles. The van der Waals surface area contributed by atoms with E-state index < -0.39 is 5.97 Å². The number of nitrogens with one attached hydrogen (secondary N) is 1. The SMILES string of the molecule is CN1CCN(C)C(CNc2ccc(Br)cc2C(=O)O)C1. The van der Waals surface area contributed by atoms with E-state index in [4.69, 9.17) is 0 Å². The summed E-state index contributed by atoms with van der Waals surface area (Å²) in [4.78, 5) is 15.9. The molecule has 2 N–H and O–H groups in total. The fourth-order valence-electron chi connectivity index (χ4n) is 2.40. The van der Waals surface area contributed by atoms with Crippen molar-refractivity contribution in [2.24, 2.45) is 0 Å². The number of anilines is 1. The number of hydrogen-bond donors (Lipinski definition) is 2. The summed E-state index contributed by atoms with van der Waals surface area (Å²) >= 11 is 3.30. The summed E-state index contributed by atoms with van der Waals surface area (Å²) < 4.78 is 0.773. The molecule has 1 aliphatic heterocycles. The monoisotopic (exact) mass is 341 g/mol. The summed E-state index contributed by atoms with van der Waals surface area (Å²) in [6.45, 7) is 3.84. The van der Waals surface area contributed by atoms with E-state index in [1.54, 1.807) is 12.1 Å². The Morgan fingerprint density at radius 3 is 2.90 bits per heavy atom. The molecule has 0 amide bonds. The molecule has 0 bridgehead atoms. The van der Waals surface area contributed by atoms with Crippen molar-refractivity contribution in [3.8, 4) is 0 Å². The van der Waals surface area contributed by atoms with E-state index in [1.165, 1.54) is 0 Å². The first kappa shape index (κ1) is 15.3. The van der Waals surface area contributed by atoms with Crippen LogP contribution in [-0.2, 0) is 0 Å². The lowest BCUT2D eigenvalue weighted by Crippen LogP contribution is -2.52. The standard InChI is InChI=1S/C14H20BrN3O2/c1-17-5-6-18(2)11(9-17)8-16-13-4-3-10(15)7-12(13)14(19)20/h3-4,7,11,16H,5-6,8-9H2,1-2H3,(H,19,20). The summed E-state index contributed by atoms with van der Waals surface area (Å²) in [6.07, 6.45) is 0. The van der Waals surface area contributed by atoms with Gasteiger partial charge in [0.05, 0.1) is 5.56 Å². The molecule has 0 spiro atoms. The normalized spacial score (nSPS) is 20.9. The number of carboxylic acids is 1. The van der Waals surface area contributed by atoms with Gasteiger partial charge in [0.1, 0.15) is 0 Å². The number of benzene rings is 1. The maximum Gasteiger partial charge on any atom is 0.337 e. The average Bonchev–Trinajstić information content (AvgIpc) is 2.40. The van der Waals surface area contributed by atoms with Crippen LogP contribution in [0.4, 0.5) is 5.69 Å². The van der Waals surface area contributed by atoms with Gasteiger partial charge in [0.2, 0.25) is 0 Å². The van der Waals surface area contributed by atoms with Crippen LogP contribution in [0.5, 0.6) is 0 Å². The van der Waals surface area contributed by atoms with Gasteiger partial charge >= 0.3 is 5.97 Å². The summed E-state index contributed by atoms with van der Waals surface area (Å²) in [6, 6.07) is 5.67. The molecular weight excluding hydrogens is 322 g/mol. The van der Waals surface area contributed by atoms with Gasteiger partial charge < -0.3 is 15.3 Å². The number of carboxylic acid groups (broad SMARTS) is 1. The topological polar surface area (TPSA) is 55.8 Å². The van der Waals surface area contributed by atoms with E-state index in [9.17, 15) is 9.90 Å². The molecule has 0 aliphatic carbocycles. The number of hydrogen-bond acceptors (Lipinski definition) is 4. The molecule has 2 rings (SSSR count). The highest BCUT2D eigenvalue weighted by atomic mass is 79.9. The Bertz CT molecular complexity index is 495. The van der Waals surface area contributed by atoms with E-state index in [0.29, 0.717) is 17.3 Å². The minimum Gasteiger partial charge on any atom is -0.478 e. The molecule has 1 heterocycles. The lowest BCUT2D eigenvalue weighted by Gasteiger charge is -2.38. The molecule has 1 fully saturated rings. The van der Waals surface area contributed by atoms with Crippen LogP contribution in [0.3, 0.4) is 0 Å². The van der Waals surface area contributed by atoms with Crippen molar-refractivity contribution in [3.05, 3.63) is 28.2 Å². The van der Waals surface area contributed by atoms with Crippen molar-refractivity contribution in [2.45, 2.75) is 6.04 Å². The molecule has 1 aliphatic rings. The minimum atomic E-state index is -0.914. The first-order valence-corrected chi connectivity index (χ1v) is 7.42. The second-order valence-corrected chi connectivity index (χ2v) is 6.19. The van der Waals surface area contributed by atoms with Crippen LogP contribution in [-0.4, -0.2) is 67.2 Å². The number of piperazine rings is 1. The number of likely N-dealkylation sites (N-methyl/N-ethyl adjacent to an activating group) is 2. The number of aromatic carboxylic acids is 1. The second-order valence-electron chi connectivity index (χ2n) is 5.27. The lowest BCUT2D eigenvalue weighted by molar-refractivity contribution is 0.0697. The van der Waals surface area contributed by atoms with Gasteiger partial charge in [-0.05, 0) is 32.3 Å². The summed E-state index contributed by atoms with van der Waals surface area (Å²) in [5.74, 6) is -0.914. The average molecular weight is 342 g/mol. The van der Waals surface area contributed by atoms with Gasteiger partial charge in [-0.25, -0.2) is 4.79 Å². The van der Waals surface area contributed by atoms with Crippen LogP contribution in [0.25, 0.3) is 0 Å². The number of nitrogens with zero attached hydrogens (tertiary/aromatic N) is 2. The van der Waals surface area contributed by atoms with Crippen LogP contribution < -0.4 is 5.32 Å². The molecule has 0 radical (unpaired) electrons. The van der Waals surface area contributed by atoms with Crippen molar-refractivity contribution in [3.63, 3.8) is 0 Å². The molecule has 20 heavy (non-hydrogen) atoms. The molecule has 110 valence electrons. The molecular formula is C14H20BrN3O2. The predicted molar refractivity (Wildman–Crippen MR) is 83.5 cm³/mol. The van der Waals surface area contributed by atoms with Gasteiger partial charge in [-0.1, -0.05) is 15.9 Å². The molecule has 1 saturated heterocycles. The summed E-state index contributed by atoms with van der Waals surface area (Å²) in [5, 5.41) is 12.5. The largest absolute Gasteiger partial charge is 0.478 e. The highest BCUT2D eigenvalue weighted by Crippen LogP contribution is 2.21. The number of halogens is 1. The Kier molecular flexibility index (Phi) is 5.01. The first-order valence-electron chi connectivity index (χ1n) is 6.63. The fraction of sp³-hybridized carbons (Fsp3) is 0.500. The zero-order valence-electron chi connectivity index (χ0n) is 11.8. The van der Waals surface area contributed by atoms with E-state index in [2.05, 4.69) is 45.1 Å². The highest BCUT2D eigenvalue weighted by molar-refractivity contribution is 9.10. The molecule has 1 atom stereocenters. The van der Waals surface area contributed by atoms with Crippen molar-refractivity contribution in [1.82, 2.24) is 9.80 Å². The fourth-order valence-corrected chi connectivity index (χ4v) is 2.76. The lowest BCUT2D eigenvalue weighted by atomic mass is 10.1. The molecule has 1 unspecified atom stereocenters. The van der Waals surface area contributed by atoms with Crippen molar-refractivity contribution in [2.75, 3.05) is 45.6 Å². The Labute approximate surface area is 127 Å². The highest BCUT2D eigenvalue weighted by Gasteiger charge is 2.22. The van der Waals surface area contributed by atoms with Crippen molar-refractivity contribution in [1.29, 1.82) is 0 Å². The molecule has 1 aromatic carbocycles. The first-order chi connectivity index (χ1) is 9.47. The van der Waals surface area contributed by atoms with Gasteiger partial charge in [-0.2, -0.15) is 0 Å². The zero-order chi connectivity index (χ0) is 14.7. The Hall–Kier alpha value is -1.11. The maximum atomic E-state index is 11.3. The van der Waals surface area contributed by atoms with Crippen LogP contribution in [0.1, 0.15) is 10.4 Å². The van der Waals surface area contributed by atoms with Gasteiger partial charge in [0, 0.05) is 42.4 Å². The Morgan fingerprint density at radius 1 is 1.45 bits per heavy atom. The smallest absolute Gasteiger partial charge is 0.337 e. The van der Waals surface area contributed by atoms with Gasteiger partial charge in [-0.3, -0.25) is 4.90 Å². The van der Waals surface area contributed by atoms with E-state index in [0.717, 1.165) is 30.7 Å². The maximum absolute atomic E-state index is 11.3. The summed E-state index contributed by atoms with van der Waals surface area (Å²) in [7, 11) is 4.22.